The molecule has 1 fully saturated rings. The lowest BCUT2D eigenvalue weighted by Crippen LogP contribution is -2.44. The number of rotatable bonds is 8. The van der Waals surface area contributed by atoms with Crippen molar-refractivity contribution in [1.29, 1.82) is 0 Å². The second-order valence-electron chi connectivity index (χ2n) is 5.36. The molecule has 0 aromatic carbocycles. The highest BCUT2D eigenvalue weighted by molar-refractivity contribution is 5.48. The molecule has 0 saturated carbocycles. The predicted octanol–water partition coefficient (Wildman–Crippen LogP) is 1.14. The Hall–Kier alpha value is -2.61. The SMILES string of the molecule is CCOc1ncccc1OCCOc1nccnc1N1CCNCC1. The Morgan fingerprint density at radius 3 is 2.56 bits per heavy atom. The summed E-state index contributed by atoms with van der Waals surface area (Å²) in [5, 5.41) is 3.32. The lowest BCUT2D eigenvalue weighted by molar-refractivity contribution is 0.201. The summed E-state index contributed by atoms with van der Waals surface area (Å²) in [5.74, 6) is 2.41. The van der Waals surface area contributed by atoms with Gasteiger partial charge in [-0.05, 0) is 19.1 Å². The molecule has 3 rings (SSSR count). The fraction of sp³-hybridized carbons (Fsp3) is 0.471. The van der Waals surface area contributed by atoms with E-state index >= 15 is 0 Å². The molecule has 0 aliphatic carbocycles. The third-order valence-electron chi connectivity index (χ3n) is 3.66. The van der Waals surface area contributed by atoms with Gasteiger partial charge in [-0.25, -0.2) is 15.0 Å². The van der Waals surface area contributed by atoms with Gasteiger partial charge in [0, 0.05) is 44.8 Å². The van der Waals surface area contributed by atoms with Gasteiger partial charge < -0.3 is 24.4 Å². The van der Waals surface area contributed by atoms with Crippen LogP contribution in [-0.4, -0.2) is 61.0 Å². The highest BCUT2D eigenvalue weighted by Crippen LogP contribution is 2.24. The van der Waals surface area contributed by atoms with Crippen molar-refractivity contribution in [3.8, 4) is 17.5 Å². The number of aromatic nitrogens is 3. The summed E-state index contributed by atoms with van der Waals surface area (Å²) < 4.78 is 16.9. The summed E-state index contributed by atoms with van der Waals surface area (Å²) in [4.78, 5) is 15.1. The molecule has 25 heavy (non-hydrogen) atoms. The third-order valence-corrected chi connectivity index (χ3v) is 3.66. The van der Waals surface area contributed by atoms with Crippen molar-refractivity contribution in [3.05, 3.63) is 30.7 Å². The number of ether oxygens (including phenoxy) is 3. The first-order chi connectivity index (χ1) is 12.4. The highest BCUT2D eigenvalue weighted by atomic mass is 16.5. The van der Waals surface area contributed by atoms with Crippen molar-refractivity contribution in [3.63, 3.8) is 0 Å². The minimum Gasteiger partial charge on any atom is -0.484 e. The third kappa shape index (κ3) is 4.69. The Balaban J connectivity index is 1.54. The number of anilines is 1. The molecular formula is C17H23N5O3. The van der Waals surface area contributed by atoms with Crippen molar-refractivity contribution in [2.45, 2.75) is 6.92 Å². The summed E-state index contributed by atoms with van der Waals surface area (Å²) in [6.07, 6.45) is 4.99. The molecule has 3 heterocycles. The Morgan fingerprint density at radius 2 is 1.72 bits per heavy atom. The van der Waals surface area contributed by atoms with Crippen LogP contribution in [0.3, 0.4) is 0 Å². The normalized spacial score (nSPS) is 14.2. The molecule has 2 aromatic rings. The van der Waals surface area contributed by atoms with Gasteiger partial charge in [-0.15, -0.1) is 0 Å². The first kappa shape index (κ1) is 17.2. The summed E-state index contributed by atoms with van der Waals surface area (Å²) >= 11 is 0. The summed E-state index contributed by atoms with van der Waals surface area (Å²) in [7, 11) is 0. The Labute approximate surface area is 147 Å². The minimum atomic E-state index is 0.359. The van der Waals surface area contributed by atoms with Gasteiger partial charge in [0.15, 0.2) is 11.6 Å². The molecule has 1 aliphatic heterocycles. The van der Waals surface area contributed by atoms with E-state index in [0.717, 1.165) is 32.0 Å². The first-order valence-corrected chi connectivity index (χ1v) is 8.48. The minimum absolute atomic E-state index is 0.359. The maximum absolute atomic E-state index is 5.79. The number of hydrogen-bond donors (Lipinski definition) is 1. The van der Waals surface area contributed by atoms with E-state index in [1.807, 2.05) is 19.1 Å². The molecule has 0 spiro atoms. The molecule has 8 nitrogen and oxygen atoms in total. The van der Waals surface area contributed by atoms with E-state index in [1.165, 1.54) is 0 Å². The quantitative estimate of drug-likeness (QED) is 0.713. The van der Waals surface area contributed by atoms with Crippen molar-refractivity contribution in [1.82, 2.24) is 20.3 Å². The topological polar surface area (TPSA) is 81.6 Å². The Morgan fingerprint density at radius 1 is 0.960 bits per heavy atom. The van der Waals surface area contributed by atoms with Gasteiger partial charge in [-0.1, -0.05) is 0 Å². The Kier molecular flexibility index (Phi) is 6.22. The summed E-state index contributed by atoms with van der Waals surface area (Å²) in [6, 6.07) is 3.64. The average Bonchev–Trinajstić information content (AvgIpc) is 2.68. The van der Waals surface area contributed by atoms with Crippen LogP contribution >= 0.6 is 0 Å². The predicted molar refractivity (Wildman–Crippen MR) is 93.5 cm³/mol. The zero-order chi connectivity index (χ0) is 17.3. The van der Waals surface area contributed by atoms with Gasteiger partial charge in [0.25, 0.3) is 11.8 Å². The van der Waals surface area contributed by atoms with Crippen molar-refractivity contribution >= 4 is 5.82 Å². The molecule has 1 N–H and O–H groups in total. The van der Waals surface area contributed by atoms with Crippen LogP contribution in [0.5, 0.6) is 17.5 Å². The number of nitrogens with one attached hydrogen (secondary N) is 1. The van der Waals surface area contributed by atoms with Crippen LogP contribution in [0.25, 0.3) is 0 Å². The lowest BCUT2D eigenvalue weighted by Gasteiger charge is -2.28. The van der Waals surface area contributed by atoms with Gasteiger partial charge in [0.2, 0.25) is 0 Å². The summed E-state index contributed by atoms with van der Waals surface area (Å²) in [5.41, 5.74) is 0. The standard InChI is InChI=1S/C17H23N5O3/c1-2-23-16-14(4-3-5-20-16)24-12-13-25-17-15(19-6-7-21-17)22-10-8-18-9-11-22/h3-7,18H,2,8-13H2,1H3. The van der Waals surface area contributed by atoms with E-state index in [1.54, 1.807) is 18.6 Å². The second-order valence-corrected chi connectivity index (χ2v) is 5.36. The average molecular weight is 345 g/mol. The van der Waals surface area contributed by atoms with Crippen molar-refractivity contribution < 1.29 is 14.2 Å². The summed E-state index contributed by atoms with van der Waals surface area (Å²) in [6.45, 7) is 6.81. The maximum Gasteiger partial charge on any atom is 0.257 e. The van der Waals surface area contributed by atoms with E-state index in [-0.39, 0.29) is 0 Å². The van der Waals surface area contributed by atoms with Gasteiger partial charge in [-0.3, -0.25) is 0 Å². The van der Waals surface area contributed by atoms with E-state index in [4.69, 9.17) is 14.2 Å². The molecular weight excluding hydrogens is 322 g/mol. The van der Waals surface area contributed by atoms with Gasteiger partial charge in [0.05, 0.1) is 6.61 Å². The Bertz CT molecular complexity index is 664. The smallest absolute Gasteiger partial charge is 0.257 e. The largest absolute Gasteiger partial charge is 0.484 e. The zero-order valence-corrected chi connectivity index (χ0v) is 14.4. The molecule has 0 unspecified atom stereocenters. The molecule has 0 radical (unpaired) electrons. The fourth-order valence-electron chi connectivity index (χ4n) is 2.53. The van der Waals surface area contributed by atoms with Crippen LogP contribution in [0.15, 0.2) is 30.7 Å². The van der Waals surface area contributed by atoms with E-state index < -0.39 is 0 Å². The number of hydrogen-bond acceptors (Lipinski definition) is 8. The van der Waals surface area contributed by atoms with Gasteiger partial charge >= 0.3 is 0 Å². The molecule has 1 saturated heterocycles. The molecule has 8 heteroatoms. The number of nitrogens with zero attached hydrogens (tertiary/aromatic N) is 4. The van der Waals surface area contributed by atoms with Crippen LogP contribution in [0.1, 0.15) is 6.92 Å². The van der Waals surface area contributed by atoms with E-state index in [0.29, 0.717) is 37.3 Å². The molecule has 1 aliphatic rings. The fourth-order valence-corrected chi connectivity index (χ4v) is 2.53. The number of piperazine rings is 1. The van der Waals surface area contributed by atoms with Crippen molar-refractivity contribution in [2.24, 2.45) is 0 Å². The number of pyridine rings is 1. The zero-order valence-electron chi connectivity index (χ0n) is 14.4. The monoisotopic (exact) mass is 345 g/mol. The van der Waals surface area contributed by atoms with E-state index in [9.17, 15) is 0 Å². The van der Waals surface area contributed by atoms with Crippen molar-refractivity contribution in [2.75, 3.05) is 50.9 Å². The maximum atomic E-state index is 5.79. The molecule has 0 bridgehead atoms. The van der Waals surface area contributed by atoms with Crippen LogP contribution in [0, 0.1) is 0 Å². The van der Waals surface area contributed by atoms with Crippen LogP contribution in [0.2, 0.25) is 0 Å². The molecule has 2 aromatic heterocycles. The second kappa shape index (κ2) is 9.03. The highest BCUT2D eigenvalue weighted by Gasteiger charge is 2.17. The van der Waals surface area contributed by atoms with Gasteiger partial charge in [-0.2, -0.15) is 0 Å². The van der Waals surface area contributed by atoms with Crippen LogP contribution < -0.4 is 24.4 Å². The van der Waals surface area contributed by atoms with Gasteiger partial charge in [0.1, 0.15) is 13.2 Å². The van der Waals surface area contributed by atoms with E-state index in [2.05, 4.69) is 25.2 Å². The molecule has 0 amide bonds. The first-order valence-electron chi connectivity index (χ1n) is 8.48. The van der Waals surface area contributed by atoms with Crippen LogP contribution in [0.4, 0.5) is 5.82 Å². The molecule has 0 atom stereocenters. The molecule has 134 valence electrons. The lowest BCUT2D eigenvalue weighted by atomic mass is 10.3. The van der Waals surface area contributed by atoms with Crippen LogP contribution in [-0.2, 0) is 0 Å².